The van der Waals surface area contributed by atoms with E-state index in [9.17, 15) is 9.59 Å². The van der Waals surface area contributed by atoms with E-state index in [2.05, 4.69) is 16.0 Å². The molecule has 1 atom stereocenters. The standard InChI is InChI=1S/C17H24N4O3/c22-16-11-21(7-6-18-16)15-3-1-13(2-4-15)9-19-17(23)20-10-14-5-8-24-12-14/h1-4,14H,5-12H2,(H,18,22)(H2,19,20,23). The monoisotopic (exact) mass is 332 g/mol. The van der Waals surface area contributed by atoms with Gasteiger partial charge < -0.3 is 25.6 Å². The number of carbonyl (C=O) groups excluding carboxylic acids is 2. The molecule has 2 aliphatic heterocycles. The highest BCUT2D eigenvalue weighted by Gasteiger charge is 2.17. The predicted molar refractivity (Wildman–Crippen MR) is 90.8 cm³/mol. The van der Waals surface area contributed by atoms with Crippen LogP contribution in [0.3, 0.4) is 0 Å². The topological polar surface area (TPSA) is 82.7 Å². The molecule has 0 aromatic heterocycles. The largest absolute Gasteiger partial charge is 0.381 e. The van der Waals surface area contributed by atoms with Crippen LogP contribution in [0.5, 0.6) is 0 Å². The number of ether oxygens (including phenoxy) is 1. The molecule has 0 radical (unpaired) electrons. The van der Waals surface area contributed by atoms with Crippen LogP contribution in [-0.4, -0.2) is 51.3 Å². The predicted octanol–water partition coefficient (Wildman–Crippen LogP) is 0.459. The van der Waals surface area contributed by atoms with E-state index in [0.717, 1.165) is 37.4 Å². The van der Waals surface area contributed by atoms with Crippen molar-refractivity contribution in [2.75, 3.05) is 44.3 Å². The lowest BCUT2D eigenvalue weighted by molar-refractivity contribution is -0.120. The second-order valence-electron chi connectivity index (χ2n) is 6.23. The molecule has 7 heteroatoms. The number of benzene rings is 1. The van der Waals surface area contributed by atoms with E-state index in [1.54, 1.807) is 0 Å². The molecule has 3 N–H and O–H groups in total. The summed E-state index contributed by atoms with van der Waals surface area (Å²) in [6, 6.07) is 7.78. The zero-order chi connectivity index (χ0) is 16.8. The van der Waals surface area contributed by atoms with E-state index in [1.807, 2.05) is 29.2 Å². The smallest absolute Gasteiger partial charge is 0.315 e. The number of hydrogen-bond donors (Lipinski definition) is 3. The van der Waals surface area contributed by atoms with Gasteiger partial charge in [-0.1, -0.05) is 12.1 Å². The summed E-state index contributed by atoms with van der Waals surface area (Å²) in [5.41, 5.74) is 2.05. The normalized spacial score (nSPS) is 20.6. The fourth-order valence-electron chi connectivity index (χ4n) is 2.91. The number of carbonyl (C=O) groups is 2. The minimum atomic E-state index is -0.154. The molecule has 24 heavy (non-hydrogen) atoms. The summed E-state index contributed by atoms with van der Waals surface area (Å²) < 4.78 is 5.29. The van der Waals surface area contributed by atoms with Crippen molar-refractivity contribution in [3.63, 3.8) is 0 Å². The van der Waals surface area contributed by atoms with Gasteiger partial charge in [0.25, 0.3) is 0 Å². The maximum Gasteiger partial charge on any atom is 0.315 e. The van der Waals surface area contributed by atoms with E-state index in [-0.39, 0.29) is 11.9 Å². The third-order valence-corrected chi connectivity index (χ3v) is 4.37. The van der Waals surface area contributed by atoms with Crippen molar-refractivity contribution < 1.29 is 14.3 Å². The molecule has 0 bridgehead atoms. The third-order valence-electron chi connectivity index (χ3n) is 4.37. The number of piperazine rings is 1. The lowest BCUT2D eigenvalue weighted by atomic mass is 10.1. The Hall–Kier alpha value is -2.28. The Balaban J connectivity index is 1.42. The van der Waals surface area contributed by atoms with Crippen molar-refractivity contribution in [2.45, 2.75) is 13.0 Å². The van der Waals surface area contributed by atoms with Gasteiger partial charge in [0.15, 0.2) is 0 Å². The number of hydrogen-bond acceptors (Lipinski definition) is 4. The summed E-state index contributed by atoms with van der Waals surface area (Å²) in [5, 5.41) is 8.56. The van der Waals surface area contributed by atoms with Gasteiger partial charge in [0.05, 0.1) is 13.2 Å². The molecule has 0 spiro atoms. The lowest BCUT2D eigenvalue weighted by Crippen LogP contribution is -2.47. The molecule has 2 saturated heterocycles. The molecular formula is C17H24N4O3. The molecule has 0 saturated carbocycles. The molecule has 3 rings (SSSR count). The Morgan fingerprint density at radius 2 is 2.12 bits per heavy atom. The Morgan fingerprint density at radius 1 is 1.29 bits per heavy atom. The number of nitrogens with zero attached hydrogens (tertiary/aromatic N) is 1. The van der Waals surface area contributed by atoms with Gasteiger partial charge in [-0.15, -0.1) is 0 Å². The summed E-state index contributed by atoms with van der Waals surface area (Å²) in [6.45, 7) is 4.54. The first kappa shape index (κ1) is 16.6. The Bertz CT molecular complexity index is 570. The van der Waals surface area contributed by atoms with Gasteiger partial charge in [-0.2, -0.15) is 0 Å². The number of rotatable bonds is 5. The van der Waals surface area contributed by atoms with E-state index >= 15 is 0 Å². The SMILES string of the molecule is O=C1CN(c2ccc(CNC(=O)NCC3CCOC3)cc2)CCN1. The quantitative estimate of drug-likeness (QED) is 0.731. The van der Waals surface area contributed by atoms with Gasteiger partial charge in [0.1, 0.15) is 0 Å². The molecule has 1 aromatic rings. The highest BCUT2D eigenvalue weighted by Crippen LogP contribution is 2.16. The van der Waals surface area contributed by atoms with Crippen molar-refractivity contribution in [1.82, 2.24) is 16.0 Å². The highest BCUT2D eigenvalue weighted by molar-refractivity contribution is 5.82. The van der Waals surface area contributed by atoms with Crippen molar-refractivity contribution in [3.8, 4) is 0 Å². The molecule has 2 aliphatic rings. The second kappa shape index (κ2) is 8.01. The molecule has 1 unspecified atom stereocenters. The van der Waals surface area contributed by atoms with Crippen LogP contribution in [-0.2, 0) is 16.1 Å². The summed E-state index contributed by atoms with van der Waals surface area (Å²) in [7, 11) is 0. The van der Waals surface area contributed by atoms with Crippen molar-refractivity contribution >= 4 is 17.6 Å². The summed E-state index contributed by atoms with van der Waals surface area (Å²) in [5.74, 6) is 0.480. The summed E-state index contributed by atoms with van der Waals surface area (Å²) in [6.07, 6.45) is 1.01. The number of nitrogens with one attached hydrogen (secondary N) is 3. The van der Waals surface area contributed by atoms with Gasteiger partial charge in [-0.3, -0.25) is 4.79 Å². The van der Waals surface area contributed by atoms with Crippen LogP contribution >= 0.6 is 0 Å². The van der Waals surface area contributed by atoms with Crippen LogP contribution in [0.4, 0.5) is 10.5 Å². The van der Waals surface area contributed by atoms with Gasteiger partial charge >= 0.3 is 6.03 Å². The fourth-order valence-corrected chi connectivity index (χ4v) is 2.91. The van der Waals surface area contributed by atoms with Gasteiger partial charge in [0, 0.05) is 44.4 Å². The van der Waals surface area contributed by atoms with E-state index in [1.165, 1.54) is 0 Å². The highest BCUT2D eigenvalue weighted by atomic mass is 16.5. The Kier molecular flexibility index (Phi) is 5.53. The van der Waals surface area contributed by atoms with E-state index in [0.29, 0.717) is 32.1 Å². The van der Waals surface area contributed by atoms with Gasteiger partial charge in [0.2, 0.25) is 5.91 Å². The maximum atomic E-state index is 11.8. The first-order valence-electron chi connectivity index (χ1n) is 8.41. The Morgan fingerprint density at radius 3 is 2.83 bits per heavy atom. The van der Waals surface area contributed by atoms with Crippen LogP contribution < -0.4 is 20.9 Å². The minimum Gasteiger partial charge on any atom is -0.381 e. The summed E-state index contributed by atoms with van der Waals surface area (Å²) >= 11 is 0. The van der Waals surface area contributed by atoms with Crippen LogP contribution in [0.25, 0.3) is 0 Å². The van der Waals surface area contributed by atoms with Gasteiger partial charge in [-0.25, -0.2) is 4.79 Å². The number of urea groups is 1. The molecule has 2 heterocycles. The molecule has 3 amide bonds. The first-order chi connectivity index (χ1) is 11.7. The van der Waals surface area contributed by atoms with Gasteiger partial charge in [-0.05, 0) is 24.1 Å². The van der Waals surface area contributed by atoms with E-state index < -0.39 is 0 Å². The molecular weight excluding hydrogens is 308 g/mol. The second-order valence-corrected chi connectivity index (χ2v) is 6.23. The molecule has 130 valence electrons. The zero-order valence-corrected chi connectivity index (χ0v) is 13.7. The van der Waals surface area contributed by atoms with E-state index in [4.69, 9.17) is 4.74 Å². The van der Waals surface area contributed by atoms with Crippen LogP contribution in [0.2, 0.25) is 0 Å². The zero-order valence-electron chi connectivity index (χ0n) is 13.7. The van der Waals surface area contributed by atoms with Crippen LogP contribution in [0.1, 0.15) is 12.0 Å². The molecule has 0 aliphatic carbocycles. The molecule has 7 nitrogen and oxygen atoms in total. The van der Waals surface area contributed by atoms with Crippen LogP contribution in [0.15, 0.2) is 24.3 Å². The first-order valence-corrected chi connectivity index (χ1v) is 8.41. The fraction of sp³-hybridized carbons (Fsp3) is 0.529. The number of amides is 3. The van der Waals surface area contributed by atoms with Crippen molar-refractivity contribution in [3.05, 3.63) is 29.8 Å². The molecule has 2 fully saturated rings. The lowest BCUT2D eigenvalue weighted by Gasteiger charge is -2.28. The minimum absolute atomic E-state index is 0.0522. The molecule has 1 aromatic carbocycles. The summed E-state index contributed by atoms with van der Waals surface area (Å²) in [4.78, 5) is 25.3. The average molecular weight is 332 g/mol. The van der Waals surface area contributed by atoms with Crippen molar-refractivity contribution in [1.29, 1.82) is 0 Å². The van der Waals surface area contributed by atoms with Crippen molar-refractivity contribution in [2.24, 2.45) is 5.92 Å². The maximum absolute atomic E-state index is 11.8. The van der Waals surface area contributed by atoms with Crippen LogP contribution in [0, 0.1) is 5.92 Å². The third kappa shape index (κ3) is 4.61. The Labute approximate surface area is 141 Å². The average Bonchev–Trinajstić information content (AvgIpc) is 3.12. The number of anilines is 1.